The Morgan fingerprint density at radius 1 is 1.31 bits per heavy atom. The molecule has 84 valence electrons. The van der Waals surface area contributed by atoms with Gasteiger partial charge in [-0.05, 0) is 18.9 Å². The quantitative estimate of drug-likeness (QED) is 0.757. The third-order valence-corrected chi connectivity index (χ3v) is 3.42. The molecule has 3 rings (SSSR count). The second kappa shape index (κ2) is 3.59. The van der Waals surface area contributed by atoms with E-state index in [1.807, 2.05) is 18.2 Å². The number of carbonyl (C=O) groups excluding carboxylic acids is 1. The monoisotopic (exact) mass is 217 g/mol. The third kappa shape index (κ3) is 1.52. The lowest BCUT2D eigenvalue weighted by Crippen LogP contribution is -2.36. The summed E-state index contributed by atoms with van der Waals surface area (Å²) in [6.07, 6.45) is 2.47. The summed E-state index contributed by atoms with van der Waals surface area (Å²) in [4.78, 5) is 14.3. The Labute approximate surface area is 95.0 Å². The molecule has 1 aromatic rings. The fourth-order valence-corrected chi connectivity index (χ4v) is 2.41. The molecule has 1 heterocycles. The van der Waals surface area contributed by atoms with Gasteiger partial charge in [-0.1, -0.05) is 12.1 Å². The Morgan fingerprint density at radius 3 is 2.81 bits per heavy atom. The fraction of sp³-hybridized carbons (Fsp3) is 0.462. The van der Waals surface area contributed by atoms with Crippen molar-refractivity contribution in [2.75, 3.05) is 13.7 Å². The van der Waals surface area contributed by atoms with Crippen LogP contribution in [0.5, 0.6) is 5.75 Å². The molecule has 16 heavy (non-hydrogen) atoms. The Balaban J connectivity index is 2.00. The van der Waals surface area contributed by atoms with Crippen molar-refractivity contribution in [2.45, 2.75) is 25.4 Å². The molecule has 1 saturated carbocycles. The molecule has 2 aliphatic rings. The average Bonchev–Trinajstić information content (AvgIpc) is 3.12. The van der Waals surface area contributed by atoms with Crippen molar-refractivity contribution in [1.29, 1.82) is 0 Å². The van der Waals surface area contributed by atoms with Crippen LogP contribution in [-0.4, -0.2) is 30.4 Å². The summed E-state index contributed by atoms with van der Waals surface area (Å²) >= 11 is 0. The number of carbonyl (C=O) groups is 1. The van der Waals surface area contributed by atoms with Gasteiger partial charge in [-0.25, -0.2) is 0 Å². The predicted octanol–water partition coefficient (Wildman–Crippen LogP) is 1.86. The highest BCUT2D eigenvalue weighted by Gasteiger charge is 2.35. The van der Waals surface area contributed by atoms with Gasteiger partial charge in [0, 0.05) is 23.7 Å². The zero-order valence-electron chi connectivity index (χ0n) is 9.40. The smallest absolute Gasteiger partial charge is 0.177 e. The van der Waals surface area contributed by atoms with Crippen LogP contribution in [-0.2, 0) is 6.54 Å². The number of benzene rings is 1. The molecule has 1 fully saturated rings. The SMILES string of the molecule is COc1cccc2c1CN(C1CC1)CC2=O. The van der Waals surface area contributed by atoms with E-state index in [1.54, 1.807) is 7.11 Å². The van der Waals surface area contributed by atoms with Gasteiger partial charge in [0.2, 0.25) is 0 Å². The minimum atomic E-state index is 0.229. The van der Waals surface area contributed by atoms with E-state index in [-0.39, 0.29) is 5.78 Å². The lowest BCUT2D eigenvalue weighted by Gasteiger charge is -2.28. The van der Waals surface area contributed by atoms with Crippen LogP contribution in [0.3, 0.4) is 0 Å². The summed E-state index contributed by atoms with van der Waals surface area (Å²) in [5.41, 5.74) is 1.91. The van der Waals surface area contributed by atoms with Gasteiger partial charge in [0.25, 0.3) is 0 Å². The van der Waals surface area contributed by atoms with Gasteiger partial charge in [-0.15, -0.1) is 0 Å². The van der Waals surface area contributed by atoms with Crippen LogP contribution in [0.25, 0.3) is 0 Å². The molecule has 0 spiro atoms. The largest absolute Gasteiger partial charge is 0.496 e. The van der Waals surface area contributed by atoms with Gasteiger partial charge in [-0.3, -0.25) is 9.69 Å². The van der Waals surface area contributed by atoms with E-state index in [0.717, 1.165) is 23.4 Å². The number of nitrogens with zero attached hydrogens (tertiary/aromatic N) is 1. The van der Waals surface area contributed by atoms with Crippen molar-refractivity contribution in [2.24, 2.45) is 0 Å². The van der Waals surface area contributed by atoms with Gasteiger partial charge >= 0.3 is 0 Å². The Morgan fingerprint density at radius 2 is 2.12 bits per heavy atom. The number of hydrogen-bond donors (Lipinski definition) is 0. The first-order valence-corrected chi connectivity index (χ1v) is 5.72. The highest BCUT2D eigenvalue weighted by molar-refractivity contribution is 6.00. The fourth-order valence-electron chi connectivity index (χ4n) is 2.41. The van der Waals surface area contributed by atoms with Crippen molar-refractivity contribution in [3.8, 4) is 5.75 Å². The van der Waals surface area contributed by atoms with E-state index < -0.39 is 0 Å². The first-order chi connectivity index (χ1) is 7.79. The van der Waals surface area contributed by atoms with E-state index in [1.165, 1.54) is 12.8 Å². The summed E-state index contributed by atoms with van der Waals surface area (Å²) < 4.78 is 5.33. The maximum Gasteiger partial charge on any atom is 0.177 e. The van der Waals surface area contributed by atoms with Gasteiger partial charge in [0.1, 0.15) is 5.75 Å². The zero-order valence-corrected chi connectivity index (χ0v) is 9.40. The van der Waals surface area contributed by atoms with Crippen LogP contribution < -0.4 is 4.74 Å². The second-order valence-electron chi connectivity index (χ2n) is 4.55. The van der Waals surface area contributed by atoms with Crippen molar-refractivity contribution in [3.63, 3.8) is 0 Å². The minimum Gasteiger partial charge on any atom is -0.496 e. The highest BCUT2D eigenvalue weighted by Crippen LogP contribution is 2.34. The standard InChI is InChI=1S/C13H15NO2/c1-16-13-4-2-3-10-11(13)7-14(8-12(10)15)9-5-6-9/h2-4,9H,5-8H2,1H3. The molecule has 0 unspecified atom stereocenters. The molecule has 0 saturated heterocycles. The summed E-state index contributed by atoms with van der Waals surface area (Å²) in [7, 11) is 1.66. The number of ketones is 1. The predicted molar refractivity (Wildman–Crippen MR) is 60.8 cm³/mol. The van der Waals surface area contributed by atoms with E-state index in [2.05, 4.69) is 4.90 Å². The van der Waals surface area contributed by atoms with Crippen LogP contribution in [0.15, 0.2) is 18.2 Å². The van der Waals surface area contributed by atoms with Crippen LogP contribution >= 0.6 is 0 Å². The molecule has 0 N–H and O–H groups in total. The van der Waals surface area contributed by atoms with Crippen LogP contribution in [0.4, 0.5) is 0 Å². The molecule has 0 radical (unpaired) electrons. The van der Waals surface area contributed by atoms with Crippen molar-refractivity contribution in [3.05, 3.63) is 29.3 Å². The zero-order chi connectivity index (χ0) is 11.1. The van der Waals surface area contributed by atoms with Crippen molar-refractivity contribution < 1.29 is 9.53 Å². The number of fused-ring (bicyclic) bond motifs is 1. The Hall–Kier alpha value is -1.35. The van der Waals surface area contributed by atoms with Gasteiger partial charge in [0.15, 0.2) is 5.78 Å². The highest BCUT2D eigenvalue weighted by atomic mass is 16.5. The summed E-state index contributed by atoms with van der Waals surface area (Å²) in [5.74, 6) is 1.07. The Kier molecular flexibility index (Phi) is 2.21. The van der Waals surface area contributed by atoms with Crippen LogP contribution in [0.2, 0.25) is 0 Å². The molecule has 3 heteroatoms. The molecule has 1 aromatic carbocycles. The summed E-state index contributed by atoms with van der Waals surface area (Å²) in [6.45, 7) is 1.43. The summed E-state index contributed by atoms with van der Waals surface area (Å²) in [6, 6.07) is 6.36. The molecule has 3 nitrogen and oxygen atoms in total. The molecule has 0 amide bonds. The summed E-state index contributed by atoms with van der Waals surface area (Å²) in [5, 5.41) is 0. The van der Waals surface area contributed by atoms with E-state index in [4.69, 9.17) is 4.74 Å². The van der Waals surface area contributed by atoms with Crippen molar-refractivity contribution in [1.82, 2.24) is 4.90 Å². The first-order valence-electron chi connectivity index (χ1n) is 5.72. The number of ether oxygens (including phenoxy) is 1. The van der Waals surface area contributed by atoms with Crippen LogP contribution in [0, 0.1) is 0 Å². The molecular formula is C13H15NO2. The maximum atomic E-state index is 12.0. The molecule has 1 aliphatic heterocycles. The number of methoxy groups -OCH3 is 1. The van der Waals surface area contributed by atoms with E-state index >= 15 is 0 Å². The third-order valence-electron chi connectivity index (χ3n) is 3.42. The average molecular weight is 217 g/mol. The topological polar surface area (TPSA) is 29.5 Å². The van der Waals surface area contributed by atoms with E-state index in [9.17, 15) is 4.79 Å². The Bertz CT molecular complexity index is 438. The number of rotatable bonds is 2. The molecule has 0 aromatic heterocycles. The molecule has 0 bridgehead atoms. The normalized spacial score (nSPS) is 20.7. The molecule has 1 aliphatic carbocycles. The van der Waals surface area contributed by atoms with E-state index in [0.29, 0.717) is 12.6 Å². The molecule has 0 atom stereocenters. The van der Waals surface area contributed by atoms with Gasteiger partial charge < -0.3 is 4.74 Å². The lowest BCUT2D eigenvalue weighted by molar-refractivity contribution is 0.0891. The number of Topliss-reactive ketones (excluding diaryl/α,β-unsaturated/α-hetero) is 1. The second-order valence-corrected chi connectivity index (χ2v) is 4.55. The first kappa shape index (κ1) is 9.85. The maximum absolute atomic E-state index is 12.0. The van der Waals surface area contributed by atoms with Gasteiger partial charge in [0.05, 0.1) is 13.7 Å². The van der Waals surface area contributed by atoms with Gasteiger partial charge in [-0.2, -0.15) is 0 Å². The van der Waals surface area contributed by atoms with Crippen molar-refractivity contribution >= 4 is 5.78 Å². The minimum absolute atomic E-state index is 0.229. The number of hydrogen-bond acceptors (Lipinski definition) is 3. The van der Waals surface area contributed by atoms with Crippen LogP contribution in [0.1, 0.15) is 28.8 Å². The lowest BCUT2D eigenvalue weighted by atomic mass is 9.97. The molecular weight excluding hydrogens is 202 g/mol.